The molecule has 1 aromatic heterocycles. The Bertz CT molecular complexity index is 1650. The number of nitrogens with zero attached hydrogens (tertiary/aromatic N) is 3. The summed E-state index contributed by atoms with van der Waals surface area (Å²) < 4.78 is 6.19. The summed E-state index contributed by atoms with van der Waals surface area (Å²) in [7, 11) is 4.16. The summed E-state index contributed by atoms with van der Waals surface area (Å²) in [5.74, 6) is 0.0256. The van der Waals surface area contributed by atoms with Gasteiger partial charge in [-0.15, -0.1) is 0 Å². The molecule has 10 nitrogen and oxygen atoms in total. The van der Waals surface area contributed by atoms with Gasteiger partial charge in [-0.2, -0.15) is 5.10 Å². The van der Waals surface area contributed by atoms with E-state index in [-0.39, 0.29) is 51.8 Å². The first-order chi connectivity index (χ1) is 25.5. The minimum absolute atomic E-state index is 0.0242. The van der Waals surface area contributed by atoms with Crippen LogP contribution < -0.4 is 0 Å². The van der Waals surface area contributed by atoms with Crippen LogP contribution in [0.4, 0.5) is 0 Å². The fraction of sp³-hybridized carbons (Fsp3) is 0.822. The normalized spacial score (nSPS) is 36.4. The van der Waals surface area contributed by atoms with Gasteiger partial charge in [0.2, 0.25) is 0 Å². The van der Waals surface area contributed by atoms with Gasteiger partial charge in [0.05, 0.1) is 17.9 Å². The number of H-pyrrole nitrogens is 1. The zero-order chi connectivity index (χ0) is 40.5. The fourth-order valence-electron chi connectivity index (χ4n) is 13.5. The minimum Gasteiger partial charge on any atom is -0.481 e. The number of ketones is 1. The van der Waals surface area contributed by atoms with Crippen LogP contribution in [0, 0.1) is 56.2 Å². The smallest absolute Gasteiger partial charge is 0.309 e. The van der Waals surface area contributed by atoms with Crippen molar-refractivity contribution in [1.82, 2.24) is 20.0 Å². The average Bonchev–Trinajstić information content (AvgIpc) is 3.70. The van der Waals surface area contributed by atoms with Gasteiger partial charge < -0.3 is 19.8 Å². The van der Waals surface area contributed by atoms with Crippen molar-refractivity contribution < 1.29 is 29.3 Å². The van der Waals surface area contributed by atoms with E-state index in [1.54, 1.807) is 20.0 Å². The maximum atomic E-state index is 14.3. The number of carboxylic acid groups (broad SMARTS) is 1. The molecule has 308 valence electrons. The van der Waals surface area contributed by atoms with E-state index in [9.17, 15) is 24.6 Å². The van der Waals surface area contributed by atoms with Crippen LogP contribution in [0.5, 0.6) is 0 Å². The third-order valence-corrected chi connectivity index (χ3v) is 16.7. The third kappa shape index (κ3) is 6.96. The number of carbonyl (C=O) groups excluding carboxylic acids is 2. The molecule has 0 spiro atoms. The van der Waals surface area contributed by atoms with Crippen LogP contribution in [0.3, 0.4) is 0 Å². The Kier molecular flexibility index (Phi) is 11.2. The fourth-order valence-corrected chi connectivity index (χ4v) is 13.5. The molecule has 0 aliphatic heterocycles. The maximum Gasteiger partial charge on any atom is 0.309 e. The second-order valence-electron chi connectivity index (χ2n) is 21.2. The number of aromatic amines is 1. The number of likely N-dealkylation sites (N-methyl/N-ethyl adjacent to an activating group) is 1. The second-order valence-corrected chi connectivity index (χ2v) is 21.2. The van der Waals surface area contributed by atoms with Crippen molar-refractivity contribution in [1.29, 1.82) is 0 Å². The summed E-state index contributed by atoms with van der Waals surface area (Å²) in [6.07, 6.45) is 8.95. The number of aliphatic carboxylic acids is 1. The molecule has 6 rings (SSSR count). The number of hydrogen-bond acceptors (Lipinski definition) is 8. The first-order valence-electron chi connectivity index (χ1n) is 21.3. The number of aliphatic hydroxyl groups is 1. The largest absolute Gasteiger partial charge is 0.481 e. The van der Waals surface area contributed by atoms with E-state index >= 15 is 0 Å². The molecular weight excluding hydrogens is 693 g/mol. The number of esters is 1. The highest BCUT2D eigenvalue weighted by Crippen LogP contribution is 2.77. The van der Waals surface area contributed by atoms with Gasteiger partial charge in [-0.05, 0) is 131 Å². The Morgan fingerprint density at radius 2 is 1.69 bits per heavy atom. The Labute approximate surface area is 330 Å². The van der Waals surface area contributed by atoms with E-state index in [1.165, 1.54) is 5.57 Å². The first kappa shape index (κ1) is 42.1. The van der Waals surface area contributed by atoms with Crippen molar-refractivity contribution in [3.8, 4) is 0 Å². The minimum atomic E-state index is -1.17. The molecule has 0 saturated heterocycles. The number of hydrogen-bond donors (Lipinski definition) is 3. The number of Topliss-reactive ketones (excluding diaryl/α,β-unsaturated/α-hetero) is 1. The van der Waals surface area contributed by atoms with Crippen molar-refractivity contribution in [3.05, 3.63) is 29.1 Å². The summed E-state index contributed by atoms with van der Waals surface area (Å²) in [5, 5.41) is 29.5. The van der Waals surface area contributed by atoms with Gasteiger partial charge in [0.25, 0.3) is 0 Å². The molecule has 4 saturated carbocycles. The van der Waals surface area contributed by atoms with E-state index in [4.69, 9.17) is 4.74 Å². The molecule has 3 N–H and O–H groups in total. The quantitative estimate of drug-likeness (QED) is 0.174. The van der Waals surface area contributed by atoms with E-state index in [0.29, 0.717) is 31.3 Å². The topological polar surface area (TPSA) is 136 Å². The highest BCUT2D eigenvalue weighted by atomic mass is 16.5. The number of ether oxygens (including phenoxy) is 1. The molecule has 1 aromatic rings. The number of aromatic nitrogens is 2. The van der Waals surface area contributed by atoms with Crippen LogP contribution in [0.2, 0.25) is 0 Å². The number of carboxylic acids is 1. The lowest BCUT2D eigenvalue weighted by Crippen LogP contribution is -2.66. The van der Waals surface area contributed by atoms with Gasteiger partial charge in [0.1, 0.15) is 6.10 Å². The average molecular weight is 765 g/mol. The summed E-state index contributed by atoms with van der Waals surface area (Å²) in [5.41, 5.74) is 1.44. The Hall–Kier alpha value is -2.56. The molecule has 5 aliphatic carbocycles. The van der Waals surface area contributed by atoms with Crippen LogP contribution in [0.15, 0.2) is 23.4 Å². The molecular formula is C45H72N4O6. The zero-order valence-electron chi connectivity index (χ0n) is 35.9. The molecule has 0 aromatic carbocycles. The lowest BCUT2D eigenvalue weighted by molar-refractivity contribution is -0.235. The zero-order valence-corrected chi connectivity index (χ0v) is 35.9. The number of nitrogens with one attached hydrogen (secondary N) is 1. The predicted molar refractivity (Wildman–Crippen MR) is 214 cm³/mol. The standard InChI is InChI=1S/C45H72N4O6/c1-28(2)37-31(50)24-45(34(51)27-49(23-22-48(10)11)26-29-16-21-46-47-29)20-19-43(8)30(38(37)45)12-13-33-42(7)17-15-35(55-36(52)25-40(3,4)39(53)54)41(5,6)32(42)14-18-44(33,43)9/h16,21,28,30,32-35,51H,12-15,17-20,22-27H2,1-11H3,(H,46,47)(H,53,54)/t30-,32+,33?,34+,35+,42+,43-,44-,45+/m1/s1. The van der Waals surface area contributed by atoms with E-state index in [2.05, 4.69) is 82.6 Å². The second kappa shape index (κ2) is 14.7. The van der Waals surface area contributed by atoms with Gasteiger partial charge in [0, 0.05) is 55.3 Å². The summed E-state index contributed by atoms with van der Waals surface area (Å²) in [6, 6.07) is 2.00. The van der Waals surface area contributed by atoms with Crippen LogP contribution in [-0.4, -0.2) is 93.9 Å². The monoisotopic (exact) mass is 765 g/mol. The SMILES string of the molecule is CC(C)C1=C2[C@H]3CCC4[C@@]5(C)CC[C@H](OC(=O)CC(C)(C)C(=O)O)C(C)(C)[C@@H]5CC[C@@]4(C)[C@]3(C)CC[C@@]2([C@@H](O)CN(CCN(C)C)Cc2ccn[nH]2)CC1=O. The molecule has 0 radical (unpaired) electrons. The number of fused-ring (bicyclic) bond motifs is 7. The first-order valence-corrected chi connectivity index (χ1v) is 21.3. The third-order valence-electron chi connectivity index (χ3n) is 16.7. The molecule has 4 fully saturated rings. The molecule has 1 heterocycles. The van der Waals surface area contributed by atoms with Gasteiger partial charge in [-0.3, -0.25) is 24.4 Å². The van der Waals surface area contributed by atoms with Gasteiger partial charge in [-0.25, -0.2) is 0 Å². The molecule has 55 heavy (non-hydrogen) atoms. The molecule has 10 heteroatoms. The molecule has 0 amide bonds. The van der Waals surface area contributed by atoms with Gasteiger partial charge in [0.15, 0.2) is 5.78 Å². The highest BCUT2D eigenvalue weighted by Gasteiger charge is 2.71. The van der Waals surface area contributed by atoms with Crippen molar-refractivity contribution in [3.63, 3.8) is 0 Å². The summed E-state index contributed by atoms with van der Waals surface area (Å²) in [4.78, 5) is 43.7. The van der Waals surface area contributed by atoms with Crippen molar-refractivity contribution in [2.24, 2.45) is 56.2 Å². The van der Waals surface area contributed by atoms with Crippen molar-refractivity contribution >= 4 is 17.7 Å². The van der Waals surface area contributed by atoms with Crippen LogP contribution in [0.25, 0.3) is 0 Å². The van der Waals surface area contributed by atoms with Crippen molar-refractivity contribution in [2.45, 2.75) is 145 Å². The number of aliphatic hydroxyl groups excluding tert-OH is 1. The highest BCUT2D eigenvalue weighted by molar-refractivity contribution is 6.00. The van der Waals surface area contributed by atoms with Crippen LogP contribution in [-0.2, 0) is 25.7 Å². The van der Waals surface area contributed by atoms with Crippen molar-refractivity contribution in [2.75, 3.05) is 33.7 Å². The maximum absolute atomic E-state index is 14.3. The lowest BCUT2D eigenvalue weighted by Gasteiger charge is -2.72. The van der Waals surface area contributed by atoms with E-state index in [0.717, 1.165) is 75.7 Å². The molecule has 9 atom stereocenters. The number of rotatable bonds is 13. The van der Waals surface area contributed by atoms with Gasteiger partial charge in [-0.1, -0.05) is 54.0 Å². The summed E-state index contributed by atoms with van der Waals surface area (Å²) >= 11 is 0. The lowest BCUT2D eigenvalue weighted by atomic mass is 9.33. The Morgan fingerprint density at radius 1 is 0.982 bits per heavy atom. The Morgan fingerprint density at radius 3 is 2.31 bits per heavy atom. The number of allylic oxidation sites excluding steroid dienone is 1. The molecule has 0 bridgehead atoms. The molecule has 5 aliphatic rings. The van der Waals surface area contributed by atoms with Gasteiger partial charge >= 0.3 is 11.9 Å². The predicted octanol–water partition coefficient (Wildman–Crippen LogP) is 7.53. The van der Waals surface area contributed by atoms with Crippen LogP contribution in [0.1, 0.15) is 132 Å². The van der Waals surface area contributed by atoms with E-state index < -0.39 is 28.9 Å². The Balaban J connectivity index is 1.28. The van der Waals surface area contributed by atoms with Crippen LogP contribution >= 0.6 is 0 Å². The van der Waals surface area contributed by atoms with E-state index in [1.807, 2.05) is 6.07 Å². The summed E-state index contributed by atoms with van der Waals surface area (Å²) in [6.45, 7) is 22.6. The molecule has 1 unspecified atom stereocenters. The number of carbonyl (C=O) groups is 3.